The van der Waals surface area contributed by atoms with Crippen LogP contribution in [0.3, 0.4) is 0 Å². The molecule has 2 unspecified atom stereocenters. The van der Waals surface area contributed by atoms with Gasteiger partial charge in [-0.25, -0.2) is 4.98 Å². The third kappa shape index (κ3) is 2.55. The molecule has 1 aromatic carbocycles. The average Bonchev–Trinajstić information content (AvgIpc) is 2.86. The topological polar surface area (TPSA) is 17.8 Å². The first-order valence-electron chi connectivity index (χ1n) is 7.00. The monoisotopic (exact) mass is 274 g/mol. The number of imidazole rings is 1. The molecule has 2 aromatic rings. The van der Waals surface area contributed by atoms with E-state index in [0.717, 1.165) is 10.7 Å². The number of hydrogen-bond acceptors (Lipinski definition) is 1. The van der Waals surface area contributed by atoms with Crippen molar-refractivity contribution >= 4 is 11.6 Å². The van der Waals surface area contributed by atoms with Crippen molar-refractivity contribution < 1.29 is 0 Å². The zero-order valence-corrected chi connectivity index (χ0v) is 12.0. The molecule has 0 aliphatic heterocycles. The highest BCUT2D eigenvalue weighted by molar-refractivity contribution is 6.31. The van der Waals surface area contributed by atoms with Crippen molar-refractivity contribution in [3.63, 3.8) is 0 Å². The van der Waals surface area contributed by atoms with E-state index < -0.39 is 0 Å². The molecule has 1 aliphatic rings. The second-order valence-electron chi connectivity index (χ2n) is 5.44. The predicted molar refractivity (Wildman–Crippen MR) is 78.7 cm³/mol. The van der Waals surface area contributed by atoms with Crippen LogP contribution < -0.4 is 0 Å². The highest BCUT2D eigenvalue weighted by Crippen LogP contribution is 2.43. The normalized spacial score (nSPS) is 23.5. The molecule has 2 nitrogen and oxygen atoms in total. The van der Waals surface area contributed by atoms with Crippen LogP contribution in [0.2, 0.25) is 5.02 Å². The minimum absolute atomic E-state index is 0.495. The molecule has 0 N–H and O–H groups in total. The van der Waals surface area contributed by atoms with Crippen LogP contribution in [0.25, 0.3) is 0 Å². The molecule has 19 heavy (non-hydrogen) atoms. The summed E-state index contributed by atoms with van der Waals surface area (Å²) in [5.41, 5.74) is 2.38. The van der Waals surface area contributed by atoms with Crippen molar-refractivity contribution in [1.82, 2.24) is 9.55 Å². The molecule has 0 bridgehead atoms. The van der Waals surface area contributed by atoms with Crippen LogP contribution in [-0.2, 0) is 0 Å². The van der Waals surface area contributed by atoms with Crippen LogP contribution in [0.4, 0.5) is 0 Å². The van der Waals surface area contributed by atoms with Crippen molar-refractivity contribution in [2.24, 2.45) is 0 Å². The average molecular weight is 275 g/mol. The second-order valence-corrected chi connectivity index (χ2v) is 5.85. The first-order valence-corrected chi connectivity index (χ1v) is 7.38. The van der Waals surface area contributed by atoms with E-state index >= 15 is 0 Å². The Balaban J connectivity index is 1.96. The quantitative estimate of drug-likeness (QED) is 0.773. The summed E-state index contributed by atoms with van der Waals surface area (Å²) in [5, 5.41) is 0.899. The molecule has 3 rings (SSSR count). The van der Waals surface area contributed by atoms with E-state index in [2.05, 4.69) is 27.9 Å². The van der Waals surface area contributed by atoms with E-state index in [1.807, 2.05) is 25.4 Å². The molecule has 2 atom stereocenters. The van der Waals surface area contributed by atoms with Gasteiger partial charge >= 0.3 is 0 Å². The van der Waals surface area contributed by atoms with Crippen molar-refractivity contribution in [1.29, 1.82) is 0 Å². The Morgan fingerprint density at radius 3 is 2.74 bits per heavy atom. The van der Waals surface area contributed by atoms with Crippen LogP contribution in [0, 0.1) is 6.92 Å². The van der Waals surface area contributed by atoms with Gasteiger partial charge in [-0.15, -0.1) is 0 Å². The zero-order valence-electron chi connectivity index (χ0n) is 11.2. The van der Waals surface area contributed by atoms with Crippen molar-refractivity contribution in [2.45, 2.75) is 44.6 Å². The highest BCUT2D eigenvalue weighted by atomic mass is 35.5. The van der Waals surface area contributed by atoms with Gasteiger partial charge in [-0.3, -0.25) is 0 Å². The Hall–Kier alpha value is -1.28. The van der Waals surface area contributed by atoms with Crippen LogP contribution in [0.1, 0.15) is 48.9 Å². The summed E-state index contributed by atoms with van der Waals surface area (Å²) < 4.78 is 2.28. The van der Waals surface area contributed by atoms with E-state index in [1.54, 1.807) is 0 Å². The maximum Gasteiger partial charge on any atom is 0.0952 e. The van der Waals surface area contributed by atoms with E-state index in [1.165, 1.54) is 31.2 Å². The lowest BCUT2D eigenvalue weighted by Crippen LogP contribution is -2.21. The SMILES string of the molecule is Cc1cn(C2CCCCC2c2ccccc2Cl)cn1. The van der Waals surface area contributed by atoms with Gasteiger partial charge in [0.25, 0.3) is 0 Å². The van der Waals surface area contributed by atoms with Crippen LogP contribution in [0.5, 0.6) is 0 Å². The predicted octanol–water partition coefficient (Wildman–Crippen LogP) is 4.74. The molecule has 1 fully saturated rings. The largest absolute Gasteiger partial charge is 0.334 e. The summed E-state index contributed by atoms with van der Waals surface area (Å²) in [5.74, 6) is 0.510. The second kappa shape index (κ2) is 5.38. The molecule has 1 aromatic heterocycles. The molecule has 1 saturated carbocycles. The molecular weight excluding hydrogens is 256 g/mol. The third-order valence-electron chi connectivity index (χ3n) is 4.15. The summed E-state index contributed by atoms with van der Waals surface area (Å²) in [6.45, 7) is 2.05. The Morgan fingerprint density at radius 2 is 2.00 bits per heavy atom. The molecule has 1 aliphatic carbocycles. The molecule has 0 spiro atoms. The van der Waals surface area contributed by atoms with E-state index in [4.69, 9.17) is 11.6 Å². The van der Waals surface area contributed by atoms with Crippen LogP contribution in [-0.4, -0.2) is 9.55 Å². The van der Waals surface area contributed by atoms with Crippen molar-refractivity contribution in [3.8, 4) is 0 Å². The molecule has 0 amide bonds. The van der Waals surface area contributed by atoms with Gasteiger partial charge in [-0.1, -0.05) is 42.6 Å². The number of aromatic nitrogens is 2. The number of aryl methyl sites for hydroxylation is 1. The standard InChI is InChI=1S/C16H19ClN2/c1-12-10-19(11-18-12)16-9-5-3-7-14(16)13-6-2-4-8-15(13)17/h2,4,6,8,10-11,14,16H,3,5,7,9H2,1H3. The lowest BCUT2D eigenvalue weighted by molar-refractivity contribution is 0.305. The minimum atomic E-state index is 0.495. The van der Waals surface area contributed by atoms with Crippen LogP contribution >= 0.6 is 11.6 Å². The maximum atomic E-state index is 6.39. The van der Waals surface area contributed by atoms with Gasteiger partial charge in [-0.05, 0) is 31.4 Å². The van der Waals surface area contributed by atoms with E-state index in [-0.39, 0.29) is 0 Å². The number of rotatable bonds is 2. The fraction of sp³-hybridized carbons (Fsp3) is 0.438. The number of halogens is 1. The molecular formula is C16H19ClN2. The smallest absolute Gasteiger partial charge is 0.0952 e. The van der Waals surface area contributed by atoms with Gasteiger partial charge in [0.05, 0.1) is 12.0 Å². The summed E-state index contributed by atoms with van der Waals surface area (Å²) >= 11 is 6.39. The first kappa shape index (κ1) is 12.7. The van der Waals surface area contributed by atoms with Gasteiger partial charge in [-0.2, -0.15) is 0 Å². The van der Waals surface area contributed by atoms with Gasteiger partial charge in [0.2, 0.25) is 0 Å². The lowest BCUT2D eigenvalue weighted by Gasteiger charge is -2.33. The first-order chi connectivity index (χ1) is 9.25. The van der Waals surface area contributed by atoms with E-state index in [0.29, 0.717) is 12.0 Å². The van der Waals surface area contributed by atoms with Gasteiger partial charge < -0.3 is 4.57 Å². The Morgan fingerprint density at radius 1 is 1.21 bits per heavy atom. The zero-order chi connectivity index (χ0) is 13.2. The highest BCUT2D eigenvalue weighted by Gasteiger charge is 2.28. The van der Waals surface area contributed by atoms with Crippen LogP contribution in [0.15, 0.2) is 36.8 Å². The summed E-state index contributed by atoms with van der Waals surface area (Å²) in [6.07, 6.45) is 9.13. The van der Waals surface area contributed by atoms with Gasteiger partial charge in [0, 0.05) is 23.2 Å². The number of hydrogen-bond donors (Lipinski definition) is 0. The third-order valence-corrected chi connectivity index (χ3v) is 4.49. The fourth-order valence-corrected chi connectivity index (χ4v) is 3.50. The Bertz CT molecular complexity index is 561. The molecule has 100 valence electrons. The molecule has 3 heteroatoms. The molecule has 1 heterocycles. The van der Waals surface area contributed by atoms with Gasteiger partial charge in [0.15, 0.2) is 0 Å². The summed E-state index contributed by atoms with van der Waals surface area (Å²) in [6, 6.07) is 8.77. The minimum Gasteiger partial charge on any atom is -0.334 e. The fourth-order valence-electron chi connectivity index (χ4n) is 3.23. The molecule has 0 saturated heterocycles. The Kier molecular flexibility index (Phi) is 3.61. The van der Waals surface area contributed by atoms with Crippen molar-refractivity contribution in [2.75, 3.05) is 0 Å². The summed E-state index contributed by atoms with van der Waals surface area (Å²) in [7, 11) is 0. The molecule has 0 radical (unpaired) electrons. The number of nitrogens with zero attached hydrogens (tertiary/aromatic N) is 2. The maximum absolute atomic E-state index is 6.39. The lowest BCUT2D eigenvalue weighted by atomic mass is 9.80. The van der Waals surface area contributed by atoms with Gasteiger partial charge in [0.1, 0.15) is 0 Å². The van der Waals surface area contributed by atoms with Crippen molar-refractivity contribution in [3.05, 3.63) is 53.1 Å². The summed E-state index contributed by atoms with van der Waals surface area (Å²) in [4.78, 5) is 4.37. The Labute approximate surface area is 119 Å². The van der Waals surface area contributed by atoms with E-state index in [9.17, 15) is 0 Å². The number of benzene rings is 1.